The number of amides is 1. The number of rotatable bonds is 3. The Morgan fingerprint density at radius 1 is 1.23 bits per heavy atom. The average Bonchev–Trinajstić information content (AvgIpc) is 2.99. The topological polar surface area (TPSA) is 78.9 Å². The number of hydrogen-bond donors (Lipinski definition) is 2. The van der Waals surface area contributed by atoms with Gasteiger partial charge in [-0.15, -0.1) is 11.3 Å². The summed E-state index contributed by atoms with van der Waals surface area (Å²) in [6.45, 7) is 0.413. The van der Waals surface area contributed by atoms with Crippen LogP contribution < -0.4 is 11.1 Å². The third kappa shape index (κ3) is 2.78. The van der Waals surface area contributed by atoms with Crippen molar-refractivity contribution in [3.63, 3.8) is 0 Å². The molecule has 3 N–H and O–H groups in total. The second-order valence-corrected chi connectivity index (χ2v) is 6.01. The molecular formula is C17H13N3OS. The fourth-order valence-electron chi connectivity index (χ4n) is 2.30. The van der Waals surface area contributed by atoms with Crippen LogP contribution in [0, 0.1) is 11.3 Å². The second-order valence-electron chi connectivity index (χ2n) is 4.85. The Morgan fingerprint density at radius 2 is 2.09 bits per heavy atom. The highest BCUT2D eigenvalue weighted by molar-refractivity contribution is 7.12. The predicted octanol–water partition coefficient (Wildman–Crippen LogP) is 3.29. The van der Waals surface area contributed by atoms with Crippen molar-refractivity contribution >= 4 is 33.7 Å². The smallest absolute Gasteiger partial charge is 0.252 e. The average molecular weight is 307 g/mol. The lowest BCUT2D eigenvalue weighted by atomic mass is 10.0. The van der Waals surface area contributed by atoms with Gasteiger partial charge in [-0.2, -0.15) is 5.26 Å². The minimum absolute atomic E-state index is 0.137. The van der Waals surface area contributed by atoms with Gasteiger partial charge in [0, 0.05) is 16.1 Å². The molecule has 0 spiro atoms. The first kappa shape index (κ1) is 14.1. The van der Waals surface area contributed by atoms with Crippen molar-refractivity contribution in [2.75, 3.05) is 5.73 Å². The lowest BCUT2D eigenvalue weighted by Crippen LogP contribution is -2.22. The summed E-state index contributed by atoms with van der Waals surface area (Å²) in [6.07, 6.45) is 0. The third-order valence-corrected chi connectivity index (χ3v) is 4.33. The largest absolute Gasteiger partial charge is 0.399 e. The van der Waals surface area contributed by atoms with Crippen molar-refractivity contribution in [2.24, 2.45) is 0 Å². The summed E-state index contributed by atoms with van der Waals surface area (Å²) in [7, 11) is 0. The second kappa shape index (κ2) is 5.88. The summed E-state index contributed by atoms with van der Waals surface area (Å²) in [4.78, 5) is 14.0. The molecule has 3 aromatic rings. The summed E-state index contributed by atoms with van der Waals surface area (Å²) in [5.74, 6) is -0.137. The van der Waals surface area contributed by atoms with Crippen molar-refractivity contribution in [1.82, 2.24) is 5.32 Å². The summed E-state index contributed by atoms with van der Waals surface area (Å²) in [6, 6.07) is 16.8. The Labute approximate surface area is 131 Å². The molecule has 108 valence electrons. The fourth-order valence-corrected chi connectivity index (χ4v) is 3.04. The number of benzene rings is 2. The van der Waals surface area contributed by atoms with Gasteiger partial charge >= 0.3 is 0 Å². The molecule has 3 rings (SSSR count). The van der Waals surface area contributed by atoms with E-state index in [9.17, 15) is 4.79 Å². The number of nitrogens with two attached hydrogens (primary N) is 1. The van der Waals surface area contributed by atoms with Gasteiger partial charge in [0.05, 0.1) is 6.54 Å². The molecule has 0 aliphatic heterocycles. The quantitative estimate of drug-likeness (QED) is 0.729. The highest BCUT2D eigenvalue weighted by Crippen LogP contribution is 2.22. The summed E-state index contributed by atoms with van der Waals surface area (Å²) in [5.41, 5.74) is 7.07. The maximum absolute atomic E-state index is 12.4. The molecule has 0 unspecified atom stereocenters. The van der Waals surface area contributed by atoms with Gasteiger partial charge < -0.3 is 11.1 Å². The van der Waals surface area contributed by atoms with Gasteiger partial charge in [-0.3, -0.25) is 4.79 Å². The maximum Gasteiger partial charge on any atom is 0.252 e. The first-order chi connectivity index (χ1) is 10.7. The van der Waals surface area contributed by atoms with Crippen LogP contribution in [0.4, 0.5) is 5.69 Å². The molecule has 1 amide bonds. The molecule has 0 aliphatic rings. The number of nitriles is 1. The van der Waals surface area contributed by atoms with E-state index in [1.54, 1.807) is 18.2 Å². The van der Waals surface area contributed by atoms with E-state index in [0.717, 1.165) is 15.6 Å². The normalized spacial score (nSPS) is 10.3. The molecule has 0 saturated heterocycles. The molecule has 0 saturated carbocycles. The van der Waals surface area contributed by atoms with Crippen LogP contribution >= 0.6 is 11.3 Å². The fraction of sp³-hybridized carbons (Fsp3) is 0.0588. The van der Waals surface area contributed by atoms with Crippen LogP contribution in [0.25, 0.3) is 10.8 Å². The van der Waals surface area contributed by atoms with E-state index in [4.69, 9.17) is 11.0 Å². The number of nitrogens with one attached hydrogen (secondary N) is 1. The maximum atomic E-state index is 12.4. The van der Waals surface area contributed by atoms with Gasteiger partial charge in [0.1, 0.15) is 10.9 Å². The van der Waals surface area contributed by atoms with Gasteiger partial charge in [-0.1, -0.05) is 18.2 Å². The number of anilines is 1. The molecule has 0 radical (unpaired) electrons. The minimum Gasteiger partial charge on any atom is -0.399 e. The summed E-state index contributed by atoms with van der Waals surface area (Å²) in [5, 5.41) is 13.5. The highest BCUT2D eigenvalue weighted by Gasteiger charge is 2.10. The molecule has 1 heterocycles. The number of hydrogen-bond acceptors (Lipinski definition) is 4. The third-order valence-electron chi connectivity index (χ3n) is 3.34. The van der Waals surface area contributed by atoms with Crippen molar-refractivity contribution in [3.05, 3.63) is 63.8 Å². The van der Waals surface area contributed by atoms with E-state index in [1.807, 2.05) is 30.3 Å². The standard InChI is InChI=1S/C17H13N3OS/c18-9-13-5-6-14(22-13)10-20-17(21)16-3-1-2-11-8-12(19)4-7-15(11)16/h1-8H,10,19H2,(H,20,21). The zero-order valence-corrected chi connectivity index (χ0v) is 12.5. The van der Waals surface area contributed by atoms with Crippen molar-refractivity contribution in [2.45, 2.75) is 6.54 Å². The number of carbonyl (C=O) groups is 1. The molecule has 2 aromatic carbocycles. The summed E-state index contributed by atoms with van der Waals surface area (Å²) >= 11 is 1.38. The zero-order chi connectivity index (χ0) is 15.5. The summed E-state index contributed by atoms with van der Waals surface area (Å²) < 4.78 is 0. The van der Waals surface area contributed by atoms with Crippen LogP contribution in [0.15, 0.2) is 48.5 Å². The van der Waals surface area contributed by atoms with Crippen LogP contribution in [0.3, 0.4) is 0 Å². The monoisotopic (exact) mass is 307 g/mol. The zero-order valence-electron chi connectivity index (χ0n) is 11.7. The van der Waals surface area contributed by atoms with E-state index in [0.29, 0.717) is 22.7 Å². The molecular weight excluding hydrogens is 294 g/mol. The first-order valence-electron chi connectivity index (χ1n) is 6.72. The molecule has 22 heavy (non-hydrogen) atoms. The van der Waals surface area contributed by atoms with Crippen molar-refractivity contribution in [1.29, 1.82) is 5.26 Å². The lowest BCUT2D eigenvalue weighted by molar-refractivity contribution is 0.0953. The van der Waals surface area contributed by atoms with Gasteiger partial charge in [-0.25, -0.2) is 0 Å². The predicted molar refractivity (Wildman–Crippen MR) is 88.6 cm³/mol. The Balaban J connectivity index is 1.82. The van der Waals surface area contributed by atoms with Gasteiger partial charge in [0.25, 0.3) is 5.91 Å². The number of thiophene rings is 1. The van der Waals surface area contributed by atoms with Crippen LogP contribution in [0.5, 0.6) is 0 Å². The minimum atomic E-state index is -0.137. The number of nitrogen functional groups attached to an aromatic ring is 1. The van der Waals surface area contributed by atoms with Crippen LogP contribution in [0.1, 0.15) is 20.1 Å². The van der Waals surface area contributed by atoms with Crippen LogP contribution in [0.2, 0.25) is 0 Å². The Hall–Kier alpha value is -2.84. The Kier molecular flexibility index (Phi) is 3.77. The van der Waals surface area contributed by atoms with Gasteiger partial charge in [0.15, 0.2) is 0 Å². The van der Waals surface area contributed by atoms with E-state index in [1.165, 1.54) is 11.3 Å². The Bertz CT molecular complexity index is 892. The number of nitrogens with zero attached hydrogens (tertiary/aromatic N) is 1. The van der Waals surface area contributed by atoms with Gasteiger partial charge in [-0.05, 0) is 41.1 Å². The van der Waals surface area contributed by atoms with Crippen molar-refractivity contribution in [3.8, 4) is 6.07 Å². The number of fused-ring (bicyclic) bond motifs is 1. The van der Waals surface area contributed by atoms with Gasteiger partial charge in [0.2, 0.25) is 0 Å². The van der Waals surface area contributed by atoms with E-state index in [-0.39, 0.29) is 5.91 Å². The molecule has 0 fully saturated rings. The highest BCUT2D eigenvalue weighted by atomic mass is 32.1. The molecule has 0 aliphatic carbocycles. The number of carbonyl (C=O) groups excluding carboxylic acids is 1. The van der Waals surface area contributed by atoms with E-state index >= 15 is 0 Å². The SMILES string of the molecule is N#Cc1ccc(CNC(=O)c2cccc3cc(N)ccc23)s1. The van der Waals surface area contributed by atoms with E-state index in [2.05, 4.69) is 11.4 Å². The van der Waals surface area contributed by atoms with Crippen molar-refractivity contribution < 1.29 is 4.79 Å². The van der Waals surface area contributed by atoms with Crippen LogP contribution in [-0.2, 0) is 6.54 Å². The molecule has 0 atom stereocenters. The lowest BCUT2D eigenvalue weighted by Gasteiger charge is -2.08. The molecule has 4 nitrogen and oxygen atoms in total. The Morgan fingerprint density at radius 3 is 2.86 bits per heavy atom. The molecule has 0 bridgehead atoms. The molecule has 5 heteroatoms. The van der Waals surface area contributed by atoms with E-state index < -0.39 is 0 Å². The van der Waals surface area contributed by atoms with Crippen LogP contribution in [-0.4, -0.2) is 5.91 Å². The molecule has 1 aromatic heterocycles. The first-order valence-corrected chi connectivity index (χ1v) is 7.54.